The zero-order valence-corrected chi connectivity index (χ0v) is 10.9. The molecule has 0 saturated carbocycles. The van der Waals surface area contributed by atoms with Crippen LogP contribution in [0.25, 0.3) is 0 Å². The Labute approximate surface area is 110 Å². The Bertz CT molecular complexity index is 477. The van der Waals surface area contributed by atoms with Crippen molar-refractivity contribution in [3.05, 3.63) is 23.7 Å². The van der Waals surface area contributed by atoms with Crippen LogP contribution in [-0.4, -0.2) is 28.8 Å². The molecule has 6 nitrogen and oxygen atoms in total. The van der Waals surface area contributed by atoms with Crippen molar-refractivity contribution in [2.45, 2.75) is 39.2 Å². The Kier molecular flexibility index (Phi) is 5.29. The van der Waals surface area contributed by atoms with Gasteiger partial charge in [0.05, 0.1) is 0 Å². The quantitative estimate of drug-likeness (QED) is 0.735. The van der Waals surface area contributed by atoms with Crippen LogP contribution in [0.5, 0.6) is 0 Å². The van der Waals surface area contributed by atoms with Gasteiger partial charge in [-0.05, 0) is 18.6 Å². The summed E-state index contributed by atoms with van der Waals surface area (Å²) in [4.78, 5) is 33.8. The van der Waals surface area contributed by atoms with E-state index < -0.39 is 17.9 Å². The largest absolute Gasteiger partial charge is 0.480 e. The second kappa shape index (κ2) is 6.72. The number of ketones is 1. The number of nitrogens with one attached hydrogen (secondary N) is 1. The number of hydrogen-bond acceptors (Lipinski definition) is 4. The van der Waals surface area contributed by atoms with E-state index in [4.69, 9.17) is 9.52 Å². The first kappa shape index (κ1) is 14.9. The fourth-order valence-corrected chi connectivity index (χ4v) is 1.54. The lowest BCUT2D eigenvalue weighted by molar-refractivity contribution is -0.139. The van der Waals surface area contributed by atoms with Crippen molar-refractivity contribution < 1.29 is 23.9 Å². The molecular weight excluding hydrogens is 250 g/mol. The average molecular weight is 267 g/mol. The summed E-state index contributed by atoms with van der Waals surface area (Å²) in [5.41, 5.74) is 0. The first-order valence-corrected chi connectivity index (χ1v) is 6.10. The van der Waals surface area contributed by atoms with Crippen molar-refractivity contribution in [1.82, 2.24) is 5.32 Å². The van der Waals surface area contributed by atoms with Crippen LogP contribution in [0.1, 0.15) is 54.2 Å². The van der Waals surface area contributed by atoms with E-state index >= 15 is 0 Å². The van der Waals surface area contributed by atoms with Crippen LogP contribution in [-0.2, 0) is 4.79 Å². The zero-order valence-electron chi connectivity index (χ0n) is 10.9. The van der Waals surface area contributed by atoms with Crippen molar-refractivity contribution in [3.63, 3.8) is 0 Å². The van der Waals surface area contributed by atoms with Gasteiger partial charge in [0.2, 0.25) is 0 Å². The van der Waals surface area contributed by atoms with Gasteiger partial charge in [-0.1, -0.05) is 19.8 Å². The fraction of sp³-hybridized carbons (Fsp3) is 0.462. The minimum atomic E-state index is -1.08. The van der Waals surface area contributed by atoms with Crippen molar-refractivity contribution in [2.24, 2.45) is 0 Å². The predicted molar refractivity (Wildman–Crippen MR) is 67.1 cm³/mol. The number of amides is 1. The van der Waals surface area contributed by atoms with Crippen molar-refractivity contribution in [1.29, 1.82) is 0 Å². The highest BCUT2D eigenvalue weighted by atomic mass is 16.4. The Morgan fingerprint density at radius 1 is 1.32 bits per heavy atom. The second-order valence-corrected chi connectivity index (χ2v) is 4.23. The molecule has 0 aromatic carbocycles. The summed E-state index contributed by atoms with van der Waals surface area (Å²) in [5, 5.41) is 11.4. The molecule has 0 saturated heterocycles. The molecule has 1 rings (SSSR count). The summed E-state index contributed by atoms with van der Waals surface area (Å²) in [7, 11) is 0. The lowest BCUT2D eigenvalue weighted by atomic mass is 10.1. The van der Waals surface area contributed by atoms with E-state index in [1.165, 1.54) is 19.1 Å². The summed E-state index contributed by atoms with van der Waals surface area (Å²) in [6.07, 6.45) is 1.90. The topological polar surface area (TPSA) is 96.6 Å². The van der Waals surface area contributed by atoms with E-state index in [9.17, 15) is 14.4 Å². The third-order valence-corrected chi connectivity index (χ3v) is 2.63. The molecule has 0 radical (unpaired) electrons. The molecule has 0 fully saturated rings. The second-order valence-electron chi connectivity index (χ2n) is 4.23. The van der Waals surface area contributed by atoms with Gasteiger partial charge in [-0.2, -0.15) is 0 Å². The number of carboxylic acid groups (broad SMARTS) is 1. The Morgan fingerprint density at radius 2 is 1.95 bits per heavy atom. The minimum Gasteiger partial charge on any atom is -0.480 e. The Balaban J connectivity index is 2.70. The molecule has 0 spiro atoms. The van der Waals surface area contributed by atoms with E-state index in [0.29, 0.717) is 12.8 Å². The number of rotatable bonds is 7. The number of unbranched alkanes of at least 4 members (excludes halogenated alkanes) is 1. The SMILES string of the molecule is CCCC[C@H](NC(=O)c1ccc(C(C)=O)o1)C(=O)O. The molecule has 0 aliphatic rings. The number of Topliss-reactive ketones (excluding diaryl/α,β-unsaturated/α-hetero) is 1. The zero-order chi connectivity index (χ0) is 14.4. The number of carbonyl (C=O) groups excluding carboxylic acids is 2. The van der Waals surface area contributed by atoms with Gasteiger partial charge in [-0.25, -0.2) is 4.79 Å². The van der Waals surface area contributed by atoms with Crippen molar-refractivity contribution >= 4 is 17.7 Å². The molecule has 1 aromatic heterocycles. The van der Waals surface area contributed by atoms with Gasteiger partial charge in [-0.15, -0.1) is 0 Å². The van der Waals surface area contributed by atoms with Crippen LogP contribution in [0.2, 0.25) is 0 Å². The monoisotopic (exact) mass is 267 g/mol. The molecule has 1 amide bonds. The maximum Gasteiger partial charge on any atom is 0.326 e. The molecule has 0 aliphatic carbocycles. The van der Waals surface area contributed by atoms with Gasteiger partial charge in [0.25, 0.3) is 5.91 Å². The lowest BCUT2D eigenvalue weighted by Gasteiger charge is -2.12. The van der Waals surface area contributed by atoms with Crippen LogP contribution in [0.3, 0.4) is 0 Å². The van der Waals surface area contributed by atoms with E-state index in [2.05, 4.69) is 5.32 Å². The highest BCUT2D eigenvalue weighted by Crippen LogP contribution is 2.09. The number of aliphatic carboxylic acids is 1. The van der Waals surface area contributed by atoms with Gasteiger partial charge < -0.3 is 14.8 Å². The maximum atomic E-state index is 11.8. The van der Waals surface area contributed by atoms with Crippen LogP contribution >= 0.6 is 0 Å². The summed E-state index contributed by atoms with van der Waals surface area (Å²) < 4.78 is 5.04. The molecule has 1 aromatic rings. The molecule has 0 bridgehead atoms. The average Bonchev–Trinajstić information content (AvgIpc) is 2.83. The fourth-order valence-electron chi connectivity index (χ4n) is 1.54. The summed E-state index contributed by atoms with van der Waals surface area (Å²) >= 11 is 0. The van der Waals surface area contributed by atoms with Crippen LogP contribution in [0.4, 0.5) is 0 Å². The molecule has 104 valence electrons. The Hall–Kier alpha value is -2.11. The normalized spacial score (nSPS) is 11.9. The lowest BCUT2D eigenvalue weighted by Crippen LogP contribution is -2.40. The van der Waals surface area contributed by atoms with Crippen LogP contribution in [0.15, 0.2) is 16.5 Å². The van der Waals surface area contributed by atoms with Gasteiger partial charge in [-0.3, -0.25) is 9.59 Å². The van der Waals surface area contributed by atoms with Gasteiger partial charge in [0.15, 0.2) is 17.3 Å². The van der Waals surface area contributed by atoms with Crippen LogP contribution in [0, 0.1) is 0 Å². The number of carboxylic acids is 1. The predicted octanol–water partition coefficient (Wildman–Crippen LogP) is 1.86. The number of hydrogen-bond donors (Lipinski definition) is 2. The third kappa shape index (κ3) is 4.24. The van der Waals surface area contributed by atoms with Gasteiger partial charge in [0, 0.05) is 6.92 Å². The minimum absolute atomic E-state index is 0.0621. The first-order valence-electron chi connectivity index (χ1n) is 6.10. The van der Waals surface area contributed by atoms with E-state index in [-0.39, 0.29) is 17.3 Å². The molecule has 19 heavy (non-hydrogen) atoms. The van der Waals surface area contributed by atoms with Gasteiger partial charge in [0.1, 0.15) is 6.04 Å². The molecular formula is C13H17NO5. The number of furan rings is 1. The molecule has 1 heterocycles. The van der Waals surface area contributed by atoms with E-state index in [1.807, 2.05) is 6.92 Å². The molecule has 2 N–H and O–H groups in total. The van der Waals surface area contributed by atoms with E-state index in [1.54, 1.807) is 0 Å². The maximum absolute atomic E-state index is 11.8. The summed E-state index contributed by atoms with van der Waals surface area (Å²) in [6.45, 7) is 3.26. The first-order chi connectivity index (χ1) is 8.95. The summed E-state index contributed by atoms with van der Waals surface area (Å²) in [6, 6.07) is 1.79. The highest BCUT2D eigenvalue weighted by molar-refractivity contribution is 5.96. The number of carbonyl (C=O) groups is 3. The summed E-state index contributed by atoms with van der Waals surface area (Å²) in [5.74, 6) is -1.99. The van der Waals surface area contributed by atoms with Gasteiger partial charge >= 0.3 is 5.97 Å². The Morgan fingerprint density at radius 3 is 2.42 bits per heavy atom. The molecule has 6 heteroatoms. The van der Waals surface area contributed by atoms with E-state index in [0.717, 1.165) is 6.42 Å². The highest BCUT2D eigenvalue weighted by Gasteiger charge is 2.22. The van der Waals surface area contributed by atoms with Crippen molar-refractivity contribution in [3.8, 4) is 0 Å². The van der Waals surface area contributed by atoms with Crippen LogP contribution < -0.4 is 5.32 Å². The standard InChI is InChI=1S/C13H17NO5/c1-3-4-5-9(13(17)18)14-12(16)11-7-6-10(19-11)8(2)15/h6-7,9H,3-5H2,1-2H3,(H,14,16)(H,17,18)/t9-/m0/s1. The third-order valence-electron chi connectivity index (χ3n) is 2.63. The molecule has 0 unspecified atom stereocenters. The molecule has 0 aliphatic heterocycles. The van der Waals surface area contributed by atoms with Crippen molar-refractivity contribution in [2.75, 3.05) is 0 Å². The smallest absolute Gasteiger partial charge is 0.326 e. The molecule has 1 atom stereocenters.